The smallest absolute Gasteiger partial charge is 0.258 e. The lowest BCUT2D eigenvalue weighted by atomic mass is 9.84. The Labute approximate surface area is 120 Å². The molecular weight excluding hydrogens is 252 g/mol. The second kappa shape index (κ2) is 7.17. The van der Waals surface area contributed by atoms with Crippen molar-refractivity contribution in [3.63, 3.8) is 0 Å². The van der Waals surface area contributed by atoms with Gasteiger partial charge >= 0.3 is 0 Å². The molecule has 0 bridgehead atoms. The molecule has 0 radical (unpaired) electrons. The van der Waals surface area contributed by atoms with Crippen LogP contribution in [0.1, 0.15) is 39.0 Å². The summed E-state index contributed by atoms with van der Waals surface area (Å²) in [5, 5.41) is 3.03. The van der Waals surface area contributed by atoms with Crippen LogP contribution in [-0.4, -0.2) is 18.6 Å². The van der Waals surface area contributed by atoms with Crippen LogP contribution in [0.2, 0.25) is 0 Å². The van der Waals surface area contributed by atoms with Crippen molar-refractivity contribution in [1.82, 2.24) is 5.32 Å². The zero-order valence-electron chi connectivity index (χ0n) is 12.1. The summed E-state index contributed by atoms with van der Waals surface area (Å²) in [5.41, 5.74) is 6.32. The summed E-state index contributed by atoms with van der Waals surface area (Å²) in [6, 6.07) is 7.44. The third kappa shape index (κ3) is 4.15. The number of nitrogen functional groups attached to an aromatic ring is 1. The second-order valence-electron chi connectivity index (χ2n) is 5.58. The zero-order chi connectivity index (χ0) is 14.4. The molecule has 1 aliphatic rings. The van der Waals surface area contributed by atoms with E-state index in [1.807, 2.05) is 12.1 Å². The molecule has 110 valence electrons. The van der Waals surface area contributed by atoms with Gasteiger partial charge in [-0.1, -0.05) is 31.4 Å². The Bertz CT molecular complexity index is 442. The lowest BCUT2D eigenvalue weighted by Gasteiger charge is -2.28. The number of para-hydroxylation sites is 2. The molecule has 1 aromatic carbocycles. The highest BCUT2D eigenvalue weighted by Crippen LogP contribution is 2.26. The van der Waals surface area contributed by atoms with Crippen molar-refractivity contribution in [2.45, 2.75) is 45.1 Å². The highest BCUT2D eigenvalue weighted by Gasteiger charge is 2.21. The van der Waals surface area contributed by atoms with Crippen molar-refractivity contribution in [1.29, 1.82) is 0 Å². The number of benzene rings is 1. The number of hydrogen-bond acceptors (Lipinski definition) is 3. The molecular formula is C16H24N2O2. The normalized spacial score (nSPS) is 17.4. The van der Waals surface area contributed by atoms with E-state index in [1.54, 1.807) is 12.1 Å². The van der Waals surface area contributed by atoms with Gasteiger partial charge in [-0.15, -0.1) is 0 Å². The van der Waals surface area contributed by atoms with Gasteiger partial charge in [-0.25, -0.2) is 0 Å². The predicted octanol–water partition coefficient (Wildman–Crippen LogP) is 2.73. The Balaban J connectivity index is 1.76. The van der Waals surface area contributed by atoms with E-state index >= 15 is 0 Å². The van der Waals surface area contributed by atoms with Gasteiger partial charge in [0.05, 0.1) is 5.69 Å². The Morgan fingerprint density at radius 1 is 1.35 bits per heavy atom. The SMILES string of the molecule is CC(NC(=O)COc1ccccc1N)C1CCCCC1. The molecule has 0 aliphatic heterocycles. The standard InChI is InChI=1S/C16H24N2O2/c1-12(13-7-3-2-4-8-13)18-16(19)11-20-15-10-6-5-9-14(15)17/h5-6,9-10,12-13H,2-4,7-8,11,17H2,1H3,(H,18,19). The van der Waals surface area contributed by atoms with E-state index < -0.39 is 0 Å². The van der Waals surface area contributed by atoms with E-state index in [-0.39, 0.29) is 18.6 Å². The molecule has 1 saturated carbocycles. The molecule has 4 nitrogen and oxygen atoms in total. The number of carbonyl (C=O) groups excluding carboxylic acids is 1. The van der Waals surface area contributed by atoms with Crippen LogP contribution in [-0.2, 0) is 4.79 Å². The summed E-state index contributed by atoms with van der Waals surface area (Å²) in [5.74, 6) is 1.09. The first-order valence-electron chi connectivity index (χ1n) is 7.43. The first-order chi connectivity index (χ1) is 9.66. The molecule has 1 atom stereocenters. The van der Waals surface area contributed by atoms with Crippen molar-refractivity contribution < 1.29 is 9.53 Å². The molecule has 0 aromatic heterocycles. The summed E-state index contributed by atoms with van der Waals surface area (Å²) >= 11 is 0. The van der Waals surface area contributed by atoms with Gasteiger partial charge in [-0.3, -0.25) is 4.79 Å². The number of amides is 1. The fourth-order valence-electron chi connectivity index (χ4n) is 2.80. The Hall–Kier alpha value is -1.71. The fraction of sp³-hybridized carbons (Fsp3) is 0.562. The van der Waals surface area contributed by atoms with E-state index in [0.29, 0.717) is 17.4 Å². The summed E-state index contributed by atoms with van der Waals surface area (Å²) in [6.07, 6.45) is 6.32. The fourth-order valence-corrected chi connectivity index (χ4v) is 2.80. The van der Waals surface area contributed by atoms with E-state index in [0.717, 1.165) is 0 Å². The molecule has 0 saturated heterocycles. The lowest BCUT2D eigenvalue weighted by Crippen LogP contribution is -2.41. The van der Waals surface area contributed by atoms with Gasteiger partial charge in [0, 0.05) is 6.04 Å². The average Bonchev–Trinajstić information content (AvgIpc) is 2.47. The topological polar surface area (TPSA) is 64.3 Å². The van der Waals surface area contributed by atoms with E-state index in [9.17, 15) is 4.79 Å². The third-order valence-corrected chi connectivity index (χ3v) is 4.02. The van der Waals surface area contributed by atoms with Gasteiger partial charge in [0.2, 0.25) is 0 Å². The highest BCUT2D eigenvalue weighted by atomic mass is 16.5. The Morgan fingerprint density at radius 2 is 2.05 bits per heavy atom. The van der Waals surface area contributed by atoms with E-state index in [2.05, 4.69) is 12.2 Å². The molecule has 3 N–H and O–H groups in total. The van der Waals surface area contributed by atoms with Gasteiger partial charge in [0.1, 0.15) is 5.75 Å². The number of carbonyl (C=O) groups is 1. The number of nitrogens with one attached hydrogen (secondary N) is 1. The van der Waals surface area contributed by atoms with Crippen molar-refractivity contribution in [2.75, 3.05) is 12.3 Å². The van der Waals surface area contributed by atoms with Crippen LogP contribution < -0.4 is 15.8 Å². The monoisotopic (exact) mass is 276 g/mol. The number of rotatable bonds is 5. The molecule has 1 fully saturated rings. The summed E-state index contributed by atoms with van der Waals surface area (Å²) in [4.78, 5) is 11.9. The minimum Gasteiger partial charge on any atom is -0.482 e. The van der Waals surface area contributed by atoms with Crippen LogP contribution in [0.4, 0.5) is 5.69 Å². The molecule has 2 rings (SSSR count). The maximum atomic E-state index is 11.9. The van der Waals surface area contributed by atoms with Gasteiger partial charge in [-0.05, 0) is 37.8 Å². The van der Waals surface area contributed by atoms with Crippen molar-refractivity contribution >= 4 is 11.6 Å². The predicted molar refractivity (Wildman–Crippen MR) is 80.5 cm³/mol. The largest absolute Gasteiger partial charge is 0.482 e. The Morgan fingerprint density at radius 3 is 2.75 bits per heavy atom. The molecule has 0 spiro atoms. The first kappa shape index (κ1) is 14.7. The van der Waals surface area contributed by atoms with E-state index in [1.165, 1.54) is 32.1 Å². The summed E-state index contributed by atoms with van der Waals surface area (Å²) in [6.45, 7) is 2.11. The van der Waals surface area contributed by atoms with Crippen LogP contribution in [0.15, 0.2) is 24.3 Å². The van der Waals surface area contributed by atoms with Crippen LogP contribution in [0.25, 0.3) is 0 Å². The highest BCUT2D eigenvalue weighted by molar-refractivity contribution is 5.78. The Kier molecular flexibility index (Phi) is 5.27. The minimum absolute atomic E-state index is 0.0191. The zero-order valence-corrected chi connectivity index (χ0v) is 12.1. The number of nitrogens with two attached hydrogens (primary N) is 1. The maximum Gasteiger partial charge on any atom is 0.258 e. The number of hydrogen-bond donors (Lipinski definition) is 2. The number of anilines is 1. The first-order valence-corrected chi connectivity index (χ1v) is 7.43. The lowest BCUT2D eigenvalue weighted by molar-refractivity contribution is -0.124. The molecule has 1 aliphatic carbocycles. The molecule has 1 aromatic rings. The van der Waals surface area contributed by atoms with Gasteiger partial charge in [0.25, 0.3) is 5.91 Å². The third-order valence-electron chi connectivity index (χ3n) is 4.02. The molecule has 4 heteroatoms. The molecule has 1 unspecified atom stereocenters. The van der Waals surface area contributed by atoms with Crippen LogP contribution >= 0.6 is 0 Å². The summed E-state index contributed by atoms with van der Waals surface area (Å²) < 4.78 is 5.45. The van der Waals surface area contributed by atoms with Crippen LogP contribution in [0.3, 0.4) is 0 Å². The van der Waals surface area contributed by atoms with Gasteiger partial charge in [0.15, 0.2) is 6.61 Å². The van der Waals surface area contributed by atoms with Gasteiger partial charge in [-0.2, -0.15) is 0 Å². The van der Waals surface area contributed by atoms with Crippen molar-refractivity contribution in [3.8, 4) is 5.75 Å². The van der Waals surface area contributed by atoms with E-state index in [4.69, 9.17) is 10.5 Å². The average molecular weight is 276 g/mol. The van der Waals surface area contributed by atoms with Crippen molar-refractivity contribution in [3.05, 3.63) is 24.3 Å². The maximum absolute atomic E-state index is 11.9. The quantitative estimate of drug-likeness (QED) is 0.813. The van der Waals surface area contributed by atoms with Crippen LogP contribution in [0.5, 0.6) is 5.75 Å². The number of ether oxygens (including phenoxy) is 1. The van der Waals surface area contributed by atoms with Crippen LogP contribution in [0, 0.1) is 5.92 Å². The van der Waals surface area contributed by atoms with Crippen molar-refractivity contribution in [2.24, 2.45) is 5.92 Å². The second-order valence-corrected chi connectivity index (χ2v) is 5.58. The minimum atomic E-state index is -0.0775. The van der Waals surface area contributed by atoms with Gasteiger partial charge < -0.3 is 15.8 Å². The molecule has 1 amide bonds. The molecule has 20 heavy (non-hydrogen) atoms. The summed E-state index contributed by atoms with van der Waals surface area (Å²) in [7, 11) is 0. The molecule has 0 heterocycles.